The van der Waals surface area contributed by atoms with Gasteiger partial charge >= 0.3 is 24.1 Å². The zero-order valence-electron chi connectivity index (χ0n) is 18.6. The molecule has 0 bridgehead atoms. The van der Waals surface area contributed by atoms with Crippen molar-refractivity contribution in [3.8, 4) is 0 Å². The first-order valence-electron chi connectivity index (χ1n) is 9.26. The highest BCUT2D eigenvalue weighted by Crippen LogP contribution is 2.19. The highest BCUT2D eigenvalue weighted by molar-refractivity contribution is 5.94. The largest absolute Gasteiger partial charge is 0.469 e. The van der Waals surface area contributed by atoms with Gasteiger partial charge < -0.3 is 18.9 Å². The zero-order chi connectivity index (χ0) is 22.8. The number of carbonyl (C=O) groups excluding carboxylic acids is 4. The van der Waals surface area contributed by atoms with E-state index in [9.17, 15) is 19.2 Å². The molecule has 0 aliphatic rings. The van der Waals surface area contributed by atoms with Gasteiger partial charge in [-0.25, -0.2) is 14.4 Å². The van der Waals surface area contributed by atoms with Crippen LogP contribution in [-0.4, -0.2) is 60.5 Å². The van der Waals surface area contributed by atoms with E-state index in [0.717, 1.165) is 7.11 Å². The van der Waals surface area contributed by atoms with Gasteiger partial charge in [0.25, 0.3) is 0 Å². The molecule has 29 heavy (non-hydrogen) atoms. The minimum Gasteiger partial charge on any atom is -0.469 e. The first-order valence-corrected chi connectivity index (χ1v) is 9.26. The number of methoxy groups -OCH3 is 2. The topological polar surface area (TPSA) is 108 Å². The Bertz CT molecular complexity index is 585. The van der Waals surface area contributed by atoms with E-state index in [4.69, 9.17) is 14.2 Å². The summed E-state index contributed by atoms with van der Waals surface area (Å²) in [6, 6.07) is -1.29. The molecule has 9 heteroatoms. The Morgan fingerprint density at radius 3 is 1.69 bits per heavy atom. The molecule has 9 nitrogen and oxygen atoms in total. The van der Waals surface area contributed by atoms with Crippen molar-refractivity contribution in [1.82, 2.24) is 4.90 Å². The van der Waals surface area contributed by atoms with Gasteiger partial charge in [0.2, 0.25) is 0 Å². The minimum atomic E-state index is -1.29. The molecule has 0 saturated carbocycles. The quantitative estimate of drug-likeness (QED) is 0.352. The number of amides is 2. The number of nitrogens with zero attached hydrogens (tertiary/aromatic N) is 1. The Labute approximate surface area is 172 Å². The summed E-state index contributed by atoms with van der Waals surface area (Å²) >= 11 is 0. The van der Waals surface area contributed by atoms with Crippen LogP contribution in [0.25, 0.3) is 0 Å². The van der Waals surface area contributed by atoms with Crippen LogP contribution < -0.4 is 0 Å². The molecule has 0 unspecified atom stereocenters. The molecule has 0 spiro atoms. The number of hydrogen-bond acceptors (Lipinski definition) is 8. The van der Waals surface area contributed by atoms with Crippen LogP contribution in [0.15, 0.2) is 12.2 Å². The fourth-order valence-corrected chi connectivity index (χ4v) is 2.04. The molecule has 0 aliphatic heterocycles. The molecule has 0 aliphatic carbocycles. The summed E-state index contributed by atoms with van der Waals surface area (Å²) in [7, 11) is 2.44. The van der Waals surface area contributed by atoms with E-state index in [1.807, 2.05) is 0 Å². The molecular weight excluding hydrogens is 382 g/mol. The monoisotopic (exact) mass is 415 g/mol. The van der Waals surface area contributed by atoms with Crippen LogP contribution in [0.1, 0.15) is 60.8 Å². The van der Waals surface area contributed by atoms with E-state index >= 15 is 0 Å². The number of imide groups is 1. The van der Waals surface area contributed by atoms with Gasteiger partial charge in [0.15, 0.2) is 0 Å². The predicted octanol–water partition coefficient (Wildman–Crippen LogP) is 3.60. The third-order valence-corrected chi connectivity index (χ3v) is 3.23. The minimum absolute atomic E-state index is 0.0354. The Morgan fingerprint density at radius 1 is 0.828 bits per heavy atom. The van der Waals surface area contributed by atoms with Gasteiger partial charge in [0, 0.05) is 6.42 Å². The average Bonchev–Trinajstić information content (AvgIpc) is 2.55. The van der Waals surface area contributed by atoms with E-state index in [-0.39, 0.29) is 18.8 Å². The third-order valence-electron chi connectivity index (χ3n) is 3.23. The van der Waals surface area contributed by atoms with Crippen molar-refractivity contribution in [2.24, 2.45) is 0 Å². The smallest absolute Gasteiger partial charge is 0.420 e. The second-order valence-electron chi connectivity index (χ2n) is 8.19. The molecular formula is C20H33NO8. The Kier molecular flexibility index (Phi) is 10.4. The fraction of sp³-hybridized carbons (Fsp3) is 0.700. The first kappa shape index (κ1) is 26.4. The third kappa shape index (κ3) is 11.1. The molecule has 166 valence electrons. The summed E-state index contributed by atoms with van der Waals surface area (Å²) in [5.74, 6) is -1.18. The van der Waals surface area contributed by atoms with Crippen LogP contribution in [-0.2, 0) is 28.5 Å². The van der Waals surface area contributed by atoms with Gasteiger partial charge in [-0.2, -0.15) is 4.90 Å². The van der Waals surface area contributed by atoms with Crippen molar-refractivity contribution in [1.29, 1.82) is 0 Å². The van der Waals surface area contributed by atoms with Gasteiger partial charge in [-0.1, -0.05) is 12.2 Å². The summed E-state index contributed by atoms with van der Waals surface area (Å²) in [5, 5.41) is 0. The van der Waals surface area contributed by atoms with Crippen LogP contribution in [0.3, 0.4) is 0 Å². The summed E-state index contributed by atoms with van der Waals surface area (Å²) in [6.07, 6.45) is 1.68. The molecule has 0 aromatic rings. The van der Waals surface area contributed by atoms with Crippen molar-refractivity contribution in [3.63, 3.8) is 0 Å². The summed E-state index contributed by atoms with van der Waals surface area (Å²) in [4.78, 5) is 49.4. The lowest BCUT2D eigenvalue weighted by atomic mass is 10.1. The van der Waals surface area contributed by atoms with Crippen LogP contribution in [0.5, 0.6) is 0 Å². The number of rotatable bonds is 7. The van der Waals surface area contributed by atoms with Crippen molar-refractivity contribution in [2.75, 3.05) is 14.2 Å². The van der Waals surface area contributed by atoms with E-state index in [0.29, 0.717) is 11.3 Å². The number of esters is 2. The van der Waals surface area contributed by atoms with Crippen molar-refractivity contribution in [2.45, 2.75) is 78.0 Å². The Hall–Kier alpha value is -2.58. The highest BCUT2D eigenvalue weighted by Gasteiger charge is 2.40. The maximum Gasteiger partial charge on any atom is 0.420 e. The highest BCUT2D eigenvalue weighted by atomic mass is 16.6. The summed E-state index contributed by atoms with van der Waals surface area (Å²) < 4.78 is 19.9. The average molecular weight is 415 g/mol. The number of hydrogen-bond donors (Lipinski definition) is 0. The van der Waals surface area contributed by atoms with Crippen molar-refractivity contribution >= 4 is 24.1 Å². The molecule has 2 amide bonds. The van der Waals surface area contributed by atoms with Crippen LogP contribution in [0.4, 0.5) is 9.59 Å². The standard InChI is InChI=1S/C20H33NO8/c1-19(2,3)28-17(24)21(18(25)29-20(4,5)6)14(16(23)27-8)12-10-9-11-13-15(22)26-7/h9-10,14H,11-13H2,1-8H3/t14-/m0/s1. The van der Waals surface area contributed by atoms with E-state index in [1.54, 1.807) is 53.7 Å². The van der Waals surface area contributed by atoms with Gasteiger partial charge in [-0.15, -0.1) is 0 Å². The van der Waals surface area contributed by atoms with Gasteiger partial charge in [0.05, 0.1) is 14.2 Å². The lowest BCUT2D eigenvalue weighted by molar-refractivity contribution is -0.146. The molecule has 0 saturated heterocycles. The van der Waals surface area contributed by atoms with E-state index < -0.39 is 35.4 Å². The first-order chi connectivity index (χ1) is 13.2. The van der Waals surface area contributed by atoms with Crippen LogP contribution in [0, 0.1) is 0 Å². The molecule has 0 aromatic heterocycles. The molecule has 0 aromatic carbocycles. The molecule has 0 fully saturated rings. The Balaban J connectivity index is 5.63. The normalized spacial score (nSPS) is 12.8. The van der Waals surface area contributed by atoms with Gasteiger partial charge in [-0.3, -0.25) is 4.79 Å². The van der Waals surface area contributed by atoms with Gasteiger partial charge in [-0.05, 0) is 54.4 Å². The van der Waals surface area contributed by atoms with E-state index in [1.165, 1.54) is 7.11 Å². The second kappa shape index (κ2) is 11.4. The summed E-state index contributed by atoms with van der Waals surface area (Å²) in [5.41, 5.74) is -1.79. The van der Waals surface area contributed by atoms with Crippen molar-refractivity contribution in [3.05, 3.63) is 12.2 Å². The Morgan fingerprint density at radius 2 is 1.31 bits per heavy atom. The lowest BCUT2D eigenvalue weighted by Crippen LogP contribution is -2.52. The molecule has 1 atom stereocenters. The van der Waals surface area contributed by atoms with Gasteiger partial charge in [0.1, 0.15) is 17.2 Å². The number of allylic oxidation sites excluding steroid dienone is 1. The second-order valence-corrected chi connectivity index (χ2v) is 8.19. The molecule has 0 heterocycles. The zero-order valence-corrected chi connectivity index (χ0v) is 18.6. The van der Waals surface area contributed by atoms with Crippen molar-refractivity contribution < 1.29 is 38.1 Å². The predicted molar refractivity (Wildman–Crippen MR) is 105 cm³/mol. The molecule has 0 rings (SSSR count). The SMILES string of the molecule is COC(=O)CCC=CC[C@@H](C(=O)OC)N(C(=O)OC(C)(C)C)C(=O)OC(C)(C)C. The molecule has 0 radical (unpaired) electrons. The lowest BCUT2D eigenvalue weighted by Gasteiger charge is -2.31. The van der Waals surface area contributed by atoms with Crippen LogP contribution >= 0.6 is 0 Å². The number of ether oxygens (including phenoxy) is 4. The maximum absolute atomic E-state index is 12.7. The van der Waals surface area contributed by atoms with E-state index in [2.05, 4.69) is 4.74 Å². The maximum atomic E-state index is 12.7. The number of carbonyl (C=O) groups is 4. The fourth-order valence-electron chi connectivity index (χ4n) is 2.04. The van der Waals surface area contributed by atoms with Crippen LogP contribution in [0.2, 0.25) is 0 Å². The summed E-state index contributed by atoms with van der Waals surface area (Å²) in [6.45, 7) is 9.82. The molecule has 0 N–H and O–H groups in total.